The summed E-state index contributed by atoms with van der Waals surface area (Å²) in [7, 11) is 0. The highest BCUT2D eigenvalue weighted by molar-refractivity contribution is 5.83. The molecule has 0 aromatic heterocycles. The number of benzene rings is 3. The molecule has 0 N–H and O–H groups in total. The maximum absolute atomic E-state index is 11.3. The zero-order valence-corrected chi connectivity index (χ0v) is 19.0. The van der Waals surface area contributed by atoms with Crippen LogP contribution in [0.4, 0.5) is 0 Å². The molecule has 166 valence electrons. The maximum Gasteiger partial charge on any atom is 0.335 e. The van der Waals surface area contributed by atoms with Crippen LogP contribution in [0.1, 0.15) is 54.9 Å². The first-order chi connectivity index (χ1) is 16.2. The number of rotatable bonds is 8. The van der Waals surface area contributed by atoms with Crippen molar-refractivity contribution in [3.05, 3.63) is 95.6 Å². The second kappa shape index (κ2) is 10.7. The lowest BCUT2D eigenvalue weighted by atomic mass is 10.0. The number of ether oxygens (including phenoxy) is 2. The average Bonchev–Trinajstić information content (AvgIpc) is 3.20. The summed E-state index contributed by atoms with van der Waals surface area (Å²) in [5, 5.41) is 0. The van der Waals surface area contributed by atoms with Crippen molar-refractivity contribution in [2.75, 3.05) is 6.61 Å². The number of hydrogen-bond donors (Lipinski definition) is 0. The van der Waals surface area contributed by atoms with Crippen molar-refractivity contribution >= 4 is 5.97 Å². The predicted octanol–water partition coefficient (Wildman–Crippen LogP) is 6.71. The fraction of sp³-hybridized carbons (Fsp3) is 0.233. The van der Waals surface area contributed by atoms with E-state index in [-0.39, 0.29) is 0 Å². The zero-order valence-electron chi connectivity index (χ0n) is 19.0. The van der Waals surface area contributed by atoms with Gasteiger partial charge in [-0.25, -0.2) is 4.79 Å². The average molecular weight is 437 g/mol. The Kier molecular flexibility index (Phi) is 7.27. The molecule has 3 nitrogen and oxygen atoms in total. The van der Waals surface area contributed by atoms with E-state index in [1.54, 1.807) is 12.1 Å². The van der Waals surface area contributed by atoms with Crippen LogP contribution in [-0.4, -0.2) is 12.6 Å². The molecule has 0 fully saturated rings. The smallest absolute Gasteiger partial charge is 0.335 e. The van der Waals surface area contributed by atoms with Crippen LogP contribution in [0, 0.1) is 11.8 Å². The van der Waals surface area contributed by atoms with Crippen LogP contribution in [0.2, 0.25) is 0 Å². The van der Waals surface area contributed by atoms with E-state index >= 15 is 0 Å². The largest absolute Gasteiger partial charge is 0.494 e. The van der Waals surface area contributed by atoms with Gasteiger partial charge in [0.05, 0.1) is 6.61 Å². The summed E-state index contributed by atoms with van der Waals surface area (Å²) in [6, 6.07) is 20.0. The Hall–Kier alpha value is -3.77. The van der Waals surface area contributed by atoms with Gasteiger partial charge in [-0.3, -0.25) is 0 Å². The van der Waals surface area contributed by atoms with Crippen LogP contribution in [0.3, 0.4) is 0 Å². The first-order valence-corrected chi connectivity index (χ1v) is 11.5. The Morgan fingerprint density at radius 3 is 2.30 bits per heavy atom. The minimum absolute atomic E-state index is 0.473. The molecule has 4 rings (SSSR count). The summed E-state index contributed by atoms with van der Waals surface area (Å²) >= 11 is 0. The number of unbranched alkanes of at least 4 members (excludes halogenated alkanes) is 3. The van der Waals surface area contributed by atoms with Crippen LogP contribution < -0.4 is 9.47 Å². The van der Waals surface area contributed by atoms with E-state index in [0.29, 0.717) is 5.75 Å². The molecule has 33 heavy (non-hydrogen) atoms. The van der Waals surface area contributed by atoms with E-state index in [1.165, 1.54) is 41.5 Å². The van der Waals surface area contributed by atoms with Crippen molar-refractivity contribution in [3.63, 3.8) is 0 Å². The minimum Gasteiger partial charge on any atom is -0.494 e. The standard InChI is InChI=1S/C30H28O3/c1-3-5-6-7-18-32-27-15-17-29-25(21-27)20-24-19-23(12-16-28(24)29)9-8-22-10-13-26(14-11-22)33-30(31)4-2/h4,10-17,19,21H,2-3,5-7,18,20H2,1H3. The number of carbonyl (C=O) groups excluding carboxylic acids is 1. The summed E-state index contributed by atoms with van der Waals surface area (Å²) in [5.74, 6) is 7.39. The monoisotopic (exact) mass is 436 g/mol. The predicted molar refractivity (Wildman–Crippen MR) is 133 cm³/mol. The third-order valence-corrected chi connectivity index (χ3v) is 5.71. The summed E-state index contributed by atoms with van der Waals surface area (Å²) < 4.78 is 11.1. The van der Waals surface area contributed by atoms with Gasteiger partial charge < -0.3 is 9.47 Å². The Balaban J connectivity index is 1.41. The third-order valence-electron chi connectivity index (χ3n) is 5.71. The van der Waals surface area contributed by atoms with E-state index in [1.807, 2.05) is 12.1 Å². The fourth-order valence-corrected chi connectivity index (χ4v) is 3.98. The Morgan fingerprint density at radius 2 is 1.55 bits per heavy atom. The zero-order chi connectivity index (χ0) is 23.0. The molecule has 0 spiro atoms. The second-order valence-corrected chi connectivity index (χ2v) is 8.18. The highest BCUT2D eigenvalue weighted by Crippen LogP contribution is 2.38. The molecule has 0 saturated heterocycles. The molecule has 3 aromatic carbocycles. The quantitative estimate of drug-likeness (QED) is 0.101. The van der Waals surface area contributed by atoms with Gasteiger partial charge in [-0.2, -0.15) is 0 Å². The van der Waals surface area contributed by atoms with E-state index in [2.05, 4.69) is 61.7 Å². The Morgan fingerprint density at radius 1 is 0.879 bits per heavy atom. The molecule has 0 aliphatic heterocycles. The van der Waals surface area contributed by atoms with Crippen LogP contribution in [0.15, 0.2) is 73.3 Å². The van der Waals surface area contributed by atoms with Crippen molar-refractivity contribution in [1.82, 2.24) is 0 Å². The van der Waals surface area contributed by atoms with Crippen molar-refractivity contribution in [1.29, 1.82) is 0 Å². The van der Waals surface area contributed by atoms with Gasteiger partial charge in [0.2, 0.25) is 0 Å². The topological polar surface area (TPSA) is 35.5 Å². The van der Waals surface area contributed by atoms with Crippen molar-refractivity contribution in [2.24, 2.45) is 0 Å². The van der Waals surface area contributed by atoms with Gasteiger partial charge in [0, 0.05) is 17.2 Å². The summed E-state index contributed by atoms with van der Waals surface area (Å²) in [6.07, 6.45) is 6.88. The molecule has 0 unspecified atom stereocenters. The van der Waals surface area contributed by atoms with Gasteiger partial charge in [-0.05, 0) is 83.6 Å². The molecule has 1 aliphatic rings. The Bertz CT molecular complexity index is 1210. The second-order valence-electron chi connectivity index (χ2n) is 8.18. The number of carbonyl (C=O) groups is 1. The van der Waals surface area contributed by atoms with E-state index < -0.39 is 5.97 Å². The molecule has 0 amide bonds. The first kappa shape index (κ1) is 22.4. The normalized spacial score (nSPS) is 11.1. The molecule has 0 atom stereocenters. The van der Waals surface area contributed by atoms with E-state index in [0.717, 1.165) is 42.4 Å². The van der Waals surface area contributed by atoms with Crippen LogP contribution >= 0.6 is 0 Å². The minimum atomic E-state index is -0.473. The van der Waals surface area contributed by atoms with Gasteiger partial charge in [-0.1, -0.05) is 56.7 Å². The molecule has 0 saturated carbocycles. The van der Waals surface area contributed by atoms with Crippen molar-refractivity contribution < 1.29 is 14.3 Å². The maximum atomic E-state index is 11.3. The van der Waals surface area contributed by atoms with Crippen LogP contribution in [0.5, 0.6) is 11.5 Å². The van der Waals surface area contributed by atoms with Gasteiger partial charge >= 0.3 is 5.97 Å². The van der Waals surface area contributed by atoms with E-state index in [9.17, 15) is 4.79 Å². The van der Waals surface area contributed by atoms with Crippen molar-refractivity contribution in [3.8, 4) is 34.5 Å². The summed E-state index contributed by atoms with van der Waals surface area (Å²) in [4.78, 5) is 11.3. The molecule has 0 heterocycles. The van der Waals surface area contributed by atoms with Gasteiger partial charge in [-0.15, -0.1) is 0 Å². The molecule has 0 radical (unpaired) electrons. The summed E-state index contributed by atoms with van der Waals surface area (Å²) in [5.41, 5.74) is 7.01. The fourth-order valence-electron chi connectivity index (χ4n) is 3.98. The lowest BCUT2D eigenvalue weighted by molar-refractivity contribution is -0.128. The highest BCUT2D eigenvalue weighted by Gasteiger charge is 2.19. The number of esters is 1. The van der Waals surface area contributed by atoms with E-state index in [4.69, 9.17) is 9.47 Å². The SMILES string of the molecule is C=CC(=O)Oc1ccc(C#Cc2ccc3c(c2)Cc2cc(OCCCCCC)ccc2-3)cc1. The molecule has 0 bridgehead atoms. The van der Waals surface area contributed by atoms with Crippen molar-refractivity contribution in [2.45, 2.75) is 39.0 Å². The van der Waals surface area contributed by atoms with Gasteiger partial charge in [0.15, 0.2) is 0 Å². The third kappa shape index (κ3) is 5.73. The van der Waals surface area contributed by atoms with Gasteiger partial charge in [0.1, 0.15) is 11.5 Å². The summed E-state index contributed by atoms with van der Waals surface area (Å²) in [6.45, 7) is 6.40. The lowest BCUT2D eigenvalue weighted by Gasteiger charge is -2.08. The first-order valence-electron chi connectivity index (χ1n) is 11.5. The van der Waals surface area contributed by atoms with Crippen LogP contribution in [-0.2, 0) is 11.2 Å². The Labute approximate surface area is 196 Å². The molecule has 3 aromatic rings. The lowest BCUT2D eigenvalue weighted by Crippen LogP contribution is -2.02. The number of fused-ring (bicyclic) bond motifs is 3. The highest BCUT2D eigenvalue weighted by atomic mass is 16.5. The van der Waals surface area contributed by atoms with Gasteiger partial charge in [0.25, 0.3) is 0 Å². The molecular formula is C30H28O3. The molecule has 3 heteroatoms. The molecule has 1 aliphatic carbocycles. The molecular weight excluding hydrogens is 408 g/mol. The number of hydrogen-bond acceptors (Lipinski definition) is 3. The van der Waals surface area contributed by atoms with Crippen LogP contribution in [0.25, 0.3) is 11.1 Å².